The first-order valence-electron chi connectivity index (χ1n) is 2.71. The molecule has 0 nitrogen and oxygen atoms in total. The van der Waals surface area contributed by atoms with Gasteiger partial charge in [-0.15, -0.1) is 0 Å². The van der Waals surface area contributed by atoms with Crippen molar-refractivity contribution in [3.8, 4) is 0 Å². The number of benzene rings is 1. The summed E-state index contributed by atoms with van der Waals surface area (Å²) in [5.41, 5.74) is 0. The Morgan fingerprint density at radius 1 is 1.00 bits per heavy atom. The molecule has 0 saturated heterocycles. The summed E-state index contributed by atoms with van der Waals surface area (Å²) in [7, 11) is 0. The van der Waals surface area contributed by atoms with E-state index in [0.717, 1.165) is 0 Å². The van der Waals surface area contributed by atoms with E-state index >= 15 is 0 Å². The van der Waals surface area contributed by atoms with Crippen LogP contribution in [0.25, 0.3) is 0 Å². The SMILES string of the molecule is [Li+].c1ccc2c(c1)S[CH-]S2. The summed E-state index contributed by atoms with van der Waals surface area (Å²) < 4.78 is 0. The number of hydrogen-bond acceptors (Lipinski definition) is 2. The molecule has 3 heteroatoms. The molecule has 1 aromatic carbocycles. The molecule has 46 valence electrons. The third-order valence-corrected chi connectivity index (χ3v) is 3.32. The molecule has 1 aliphatic rings. The maximum atomic E-state index is 2.16. The van der Waals surface area contributed by atoms with Crippen molar-refractivity contribution in [3.63, 3.8) is 0 Å². The molecule has 0 aliphatic carbocycles. The van der Waals surface area contributed by atoms with Gasteiger partial charge in [0.2, 0.25) is 0 Å². The standard InChI is InChI=1S/C7H5S2.Li/c1-2-4-7-6(3-1)8-5-9-7;/h1-5H;/q-1;+1. The summed E-state index contributed by atoms with van der Waals surface area (Å²) in [6.45, 7) is 0. The van der Waals surface area contributed by atoms with Crippen LogP contribution in [0.2, 0.25) is 0 Å². The maximum absolute atomic E-state index is 2.16. The van der Waals surface area contributed by atoms with Crippen LogP contribution in [-0.2, 0) is 0 Å². The first-order chi connectivity index (χ1) is 4.47. The van der Waals surface area contributed by atoms with Crippen LogP contribution in [0.15, 0.2) is 34.1 Å². The summed E-state index contributed by atoms with van der Waals surface area (Å²) in [5.74, 6) is 0. The Morgan fingerprint density at radius 2 is 1.50 bits per heavy atom. The Balaban J connectivity index is 0.000000500. The van der Waals surface area contributed by atoms with Crippen LogP contribution in [0.3, 0.4) is 0 Å². The minimum absolute atomic E-state index is 0. The summed E-state index contributed by atoms with van der Waals surface area (Å²) in [6, 6.07) is 8.45. The number of thioether (sulfide) groups is 2. The molecule has 0 atom stereocenters. The van der Waals surface area contributed by atoms with Crippen LogP contribution in [-0.4, -0.2) is 0 Å². The molecule has 0 radical (unpaired) electrons. The molecular formula is C7H5LiS2. The van der Waals surface area contributed by atoms with Crippen molar-refractivity contribution in [3.05, 3.63) is 29.4 Å². The third kappa shape index (κ3) is 1.57. The van der Waals surface area contributed by atoms with E-state index in [-0.39, 0.29) is 18.9 Å². The Bertz CT molecular complexity index is 202. The number of hydrogen-bond donors (Lipinski definition) is 0. The van der Waals surface area contributed by atoms with Crippen LogP contribution in [0.1, 0.15) is 0 Å². The van der Waals surface area contributed by atoms with Gasteiger partial charge in [-0.1, -0.05) is 24.3 Å². The molecule has 0 bridgehead atoms. The second kappa shape index (κ2) is 3.78. The molecule has 10 heavy (non-hydrogen) atoms. The van der Waals surface area contributed by atoms with Crippen molar-refractivity contribution in [2.75, 3.05) is 0 Å². The first-order valence-corrected chi connectivity index (χ1v) is 4.47. The fourth-order valence-corrected chi connectivity index (χ4v) is 2.77. The van der Waals surface area contributed by atoms with Crippen LogP contribution < -0.4 is 18.9 Å². The first kappa shape index (κ1) is 8.61. The molecule has 0 aromatic heterocycles. The van der Waals surface area contributed by atoms with Gasteiger partial charge in [0.15, 0.2) is 0 Å². The second-order valence-corrected chi connectivity index (χ2v) is 3.90. The van der Waals surface area contributed by atoms with E-state index in [1.54, 1.807) is 23.5 Å². The fourth-order valence-electron chi connectivity index (χ4n) is 0.773. The van der Waals surface area contributed by atoms with Gasteiger partial charge >= 0.3 is 18.9 Å². The molecule has 0 saturated carbocycles. The van der Waals surface area contributed by atoms with E-state index in [4.69, 9.17) is 0 Å². The summed E-state index contributed by atoms with van der Waals surface area (Å²) in [4.78, 5) is 2.78. The molecule has 1 aromatic rings. The molecular weight excluding hydrogens is 155 g/mol. The Morgan fingerprint density at radius 3 is 2.00 bits per heavy atom. The predicted molar refractivity (Wildman–Crippen MR) is 42.5 cm³/mol. The zero-order valence-electron chi connectivity index (χ0n) is 5.70. The zero-order valence-corrected chi connectivity index (χ0v) is 7.34. The molecule has 1 heterocycles. The van der Waals surface area contributed by atoms with Gasteiger partial charge in [-0.3, -0.25) is 0 Å². The molecule has 0 amide bonds. The van der Waals surface area contributed by atoms with Crippen molar-refractivity contribution >= 4 is 23.5 Å². The van der Waals surface area contributed by atoms with Crippen LogP contribution in [0.5, 0.6) is 0 Å². The van der Waals surface area contributed by atoms with E-state index in [2.05, 4.69) is 29.4 Å². The molecule has 0 spiro atoms. The predicted octanol–water partition coefficient (Wildman–Crippen LogP) is 0.00769. The normalized spacial score (nSPS) is 14.0. The van der Waals surface area contributed by atoms with E-state index in [9.17, 15) is 0 Å². The number of rotatable bonds is 0. The van der Waals surface area contributed by atoms with E-state index in [1.807, 2.05) is 0 Å². The van der Waals surface area contributed by atoms with Gasteiger partial charge in [-0.2, -0.15) is 0 Å². The topological polar surface area (TPSA) is 0 Å². The van der Waals surface area contributed by atoms with Gasteiger partial charge in [-0.05, 0) is 9.79 Å². The Labute approximate surface area is 81.3 Å². The molecule has 0 unspecified atom stereocenters. The van der Waals surface area contributed by atoms with Crippen LogP contribution >= 0.6 is 23.5 Å². The fraction of sp³-hybridized carbons (Fsp3) is 0. The van der Waals surface area contributed by atoms with Gasteiger partial charge in [0, 0.05) is 0 Å². The minimum atomic E-state index is 0. The van der Waals surface area contributed by atoms with Gasteiger partial charge in [-0.25, -0.2) is 5.08 Å². The van der Waals surface area contributed by atoms with Gasteiger partial charge < -0.3 is 23.5 Å². The van der Waals surface area contributed by atoms with Crippen molar-refractivity contribution in [2.24, 2.45) is 0 Å². The van der Waals surface area contributed by atoms with Crippen molar-refractivity contribution in [2.45, 2.75) is 9.79 Å². The zero-order chi connectivity index (χ0) is 6.10. The summed E-state index contributed by atoms with van der Waals surface area (Å²) >= 11 is 3.61. The summed E-state index contributed by atoms with van der Waals surface area (Å²) in [6.07, 6.45) is 0. The van der Waals surface area contributed by atoms with Crippen LogP contribution in [0, 0.1) is 5.08 Å². The Kier molecular flexibility index (Phi) is 3.25. The number of fused-ring (bicyclic) bond motifs is 1. The molecule has 1 aliphatic heterocycles. The van der Waals surface area contributed by atoms with Crippen LogP contribution in [0.4, 0.5) is 0 Å². The largest absolute Gasteiger partial charge is 1.00 e. The second-order valence-electron chi connectivity index (χ2n) is 1.78. The maximum Gasteiger partial charge on any atom is 1.00 e. The van der Waals surface area contributed by atoms with Crippen molar-refractivity contribution in [1.82, 2.24) is 0 Å². The minimum Gasteiger partial charge on any atom is -0.304 e. The van der Waals surface area contributed by atoms with Gasteiger partial charge in [0.05, 0.1) is 0 Å². The molecule has 0 fully saturated rings. The molecule has 0 N–H and O–H groups in total. The quantitative estimate of drug-likeness (QED) is 0.387. The van der Waals surface area contributed by atoms with E-state index in [1.165, 1.54) is 9.79 Å². The van der Waals surface area contributed by atoms with E-state index < -0.39 is 0 Å². The monoisotopic (exact) mass is 160 g/mol. The Hall–Kier alpha value is 0.517. The smallest absolute Gasteiger partial charge is 0.304 e. The molecule has 2 rings (SSSR count). The average Bonchev–Trinajstić information content (AvgIpc) is 2.33. The van der Waals surface area contributed by atoms with Gasteiger partial charge in [0.25, 0.3) is 0 Å². The van der Waals surface area contributed by atoms with E-state index in [0.29, 0.717) is 0 Å². The van der Waals surface area contributed by atoms with Crippen molar-refractivity contribution in [1.29, 1.82) is 0 Å². The van der Waals surface area contributed by atoms with Gasteiger partial charge in [0.1, 0.15) is 0 Å². The third-order valence-electron chi connectivity index (χ3n) is 1.20. The average molecular weight is 160 g/mol. The van der Waals surface area contributed by atoms with Crippen molar-refractivity contribution < 1.29 is 18.9 Å². The summed E-state index contributed by atoms with van der Waals surface area (Å²) in [5, 5.41) is 2.16.